The number of anilines is 2. The van der Waals surface area contributed by atoms with Crippen molar-refractivity contribution in [3.8, 4) is 5.75 Å². The lowest BCUT2D eigenvalue weighted by atomic mass is 10.2. The van der Waals surface area contributed by atoms with Crippen molar-refractivity contribution >= 4 is 34.8 Å². The van der Waals surface area contributed by atoms with Gasteiger partial charge in [-0.05, 0) is 36.8 Å². The van der Waals surface area contributed by atoms with Crippen LogP contribution < -0.4 is 15.0 Å². The number of aryl methyl sites for hydroxylation is 1. The van der Waals surface area contributed by atoms with Gasteiger partial charge in [-0.25, -0.2) is 4.39 Å². The molecule has 25 heavy (non-hydrogen) atoms. The van der Waals surface area contributed by atoms with Crippen LogP contribution in [0.1, 0.15) is 12.5 Å². The fourth-order valence-electron chi connectivity index (χ4n) is 2.29. The first-order valence-corrected chi connectivity index (χ1v) is 7.87. The monoisotopic (exact) mass is 364 g/mol. The molecule has 0 heterocycles. The van der Waals surface area contributed by atoms with Crippen LogP contribution in [0.15, 0.2) is 36.4 Å². The first-order valence-electron chi connectivity index (χ1n) is 7.49. The summed E-state index contributed by atoms with van der Waals surface area (Å²) in [6.07, 6.45) is 0. The Labute approximate surface area is 150 Å². The molecule has 0 saturated heterocycles. The number of ether oxygens (including phenoxy) is 1. The standard InChI is InChI=1S/C18H18ClFN2O3/c1-11-7-16(17(25-3)9-15(11)19)21-18(24)10-22(12(2)23)14-6-4-5-13(20)8-14/h4-9H,10H2,1-3H3,(H,21,24). The van der Waals surface area contributed by atoms with E-state index in [1.165, 1.54) is 37.1 Å². The second-order valence-electron chi connectivity index (χ2n) is 5.43. The van der Waals surface area contributed by atoms with Gasteiger partial charge < -0.3 is 15.0 Å². The van der Waals surface area contributed by atoms with E-state index in [4.69, 9.17) is 16.3 Å². The zero-order valence-corrected chi connectivity index (χ0v) is 14.9. The number of carbonyl (C=O) groups is 2. The molecule has 0 spiro atoms. The maximum Gasteiger partial charge on any atom is 0.244 e. The van der Waals surface area contributed by atoms with E-state index in [1.807, 2.05) is 0 Å². The lowest BCUT2D eigenvalue weighted by Gasteiger charge is -2.21. The zero-order valence-electron chi connectivity index (χ0n) is 14.1. The quantitative estimate of drug-likeness (QED) is 0.878. The number of amides is 2. The number of methoxy groups -OCH3 is 1. The summed E-state index contributed by atoms with van der Waals surface area (Å²) >= 11 is 6.04. The van der Waals surface area contributed by atoms with Crippen molar-refractivity contribution in [2.24, 2.45) is 0 Å². The highest BCUT2D eigenvalue weighted by molar-refractivity contribution is 6.31. The predicted molar refractivity (Wildman–Crippen MR) is 95.8 cm³/mol. The third kappa shape index (κ3) is 4.70. The van der Waals surface area contributed by atoms with Gasteiger partial charge in [0.15, 0.2) is 0 Å². The topological polar surface area (TPSA) is 58.6 Å². The van der Waals surface area contributed by atoms with Gasteiger partial charge in [0.05, 0.1) is 12.8 Å². The van der Waals surface area contributed by atoms with E-state index in [-0.39, 0.29) is 12.5 Å². The smallest absolute Gasteiger partial charge is 0.244 e. The maximum atomic E-state index is 13.4. The van der Waals surface area contributed by atoms with E-state index in [9.17, 15) is 14.0 Å². The molecule has 0 aliphatic rings. The van der Waals surface area contributed by atoms with Crippen molar-refractivity contribution in [2.45, 2.75) is 13.8 Å². The van der Waals surface area contributed by atoms with Crippen LogP contribution in [0.3, 0.4) is 0 Å². The molecule has 5 nitrogen and oxygen atoms in total. The van der Waals surface area contributed by atoms with Gasteiger partial charge in [0.2, 0.25) is 11.8 Å². The first kappa shape index (κ1) is 18.7. The van der Waals surface area contributed by atoms with Crippen molar-refractivity contribution in [3.05, 3.63) is 52.8 Å². The molecule has 0 aromatic heterocycles. The Hall–Kier alpha value is -2.60. The van der Waals surface area contributed by atoms with Gasteiger partial charge in [0, 0.05) is 23.7 Å². The Bertz CT molecular complexity index is 811. The van der Waals surface area contributed by atoms with Crippen LogP contribution in [-0.2, 0) is 9.59 Å². The molecule has 0 aliphatic heterocycles. The molecular weight excluding hydrogens is 347 g/mol. The molecule has 0 radical (unpaired) electrons. The minimum absolute atomic E-state index is 0.260. The summed E-state index contributed by atoms with van der Waals surface area (Å²) in [4.78, 5) is 25.4. The fourth-order valence-corrected chi connectivity index (χ4v) is 2.45. The molecule has 0 saturated carbocycles. The molecule has 132 valence electrons. The number of nitrogens with one attached hydrogen (secondary N) is 1. The van der Waals surface area contributed by atoms with Crippen molar-refractivity contribution < 1.29 is 18.7 Å². The van der Waals surface area contributed by atoms with Crippen molar-refractivity contribution in [1.29, 1.82) is 0 Å². The van der Waals surface area contributed by atoms with Crippen LogP contribution in [0.5, 0.6) is 5.75 Å². The van der Waals surface area contributed by atoms with Gasteiger partial charge in [0.25, 0.3) is 0 Å². The molecule has 2 rings (SSSR count). The van der Waals surface area contributed by atoms with Crippen LogP contribution in [0, 0.1) is 12.7 Å². The van der Waals surface area contributed by atoms with Gasteiger partial charge in [0.1, 0.15) is 18.1 Å². The second-order valence-corrected chi connectivity index (χ2v) is 5.84. The molecule has 2 amide bonds. The molecule has 0 bridgehead atoms. The summed E-state index contributed by atoms with van der Waals surface area (Å²) in [6.45, 7) is 2.85. The minimum Gasteiger partial charge on any atom is -0.495 e. The van der Waals surface area contributed by atoms with Crippen LogP contribution in [0.25, 0.3) is 0 Å². The number of carbonyl (C=O) groups excluding carboxylic acids is 2. The molecular formula is C18H18ClFN2O3. The van der Waals surface area contributed by atoms with E-state index in [0.29, 0.717) is 22.1 Å². The second kappa shape index (κ2) is 7.98. The molecule has 2 aromatic carbocycles. The van der Waals surface area contributed by atoms with Crippen molar-refractivity contribution in [3.63, 3.8) is 0 Å². The van der Waals surface area contributed by atoms with Crippen molar-refractivity contribution in [2.75, 3.05) is 23.9 Å². The maximum absolute atomic E-state index is 13.4. The summed E-state index contributed by atoms with van der Waals surface area (Å²) in [6, 6.07) is 8.78. The Balaban J connectivity index is 2.20. The van der Waals surface area contributed by atoms with E-state index in [0.717, 1.165) is 5.56 Å². The van der Waals surface area contributed by atoms with Gasteiger partial charge >= 0.3 is 0 Å². The molecule has 0 aliphatic carbocycles. The predicted octanol–water partition coefficient (Wildman–Crippen LogP) is 3.79. The molecule has 1 N–H and O–H groups in total. The van der Waals surface area contributed by atoms with E-state index < -0.39 is 11.7 Å². The van der Waals surface area contributed by atoms with Gasteiger partial charge in [-0.1, -0.05) is 17.7 Å². The highest BCUT2D eigenvalue weighted by atomic mass is 35.5. The van der Waals surface area contributed by atoms with Gasteiger partial charge in [-0.3, -0.25) is 9.59 Å². The lowest BCUT2D eigenvalue weighted by Crippen LogP contribution is -2.36. The van der Waals surface area contributed by atoms with Gasteiger partial charge in [-0.15, -0.1) is 0 Å². The summed E-state index contributed by atoms with van der Waals surface area (Å²) in [5.41, 5.74) is 1.52. The molecule has 0 fully saturated rings. The van der Waals surface area contributed by atoms with Crippen LogP contribution >= 0.6 is 11.6 Å². The summed E-state index contributed by atoms with van der Waals surface area (Å²) in [5, 5.41) is 3.20. The third-order valence-electron chi connectivity index (χ3n) is 3.56. The number of rotatable bonds is 5. The number of halogens is 2. The molecule has 7 heteroatoms. The largest absolute Gasteiger partial charge is 0.495 e. The Morgan fingerprint density at radius 2 is 2.00 bits per heavy atom. The van der Waals surface area contributed by atoms with E-state index in [2.05, 4.69) is 5.32 Å². The van der Waals surface area contributed by atoms with E-state index in [1.54, 1.807) is 25.1 Å². The Morgan fingerprint density at radius 3 is 2.60 bits per heavy atom. The zero-order chi connectivity index (χ0) is 18.6. The average Bonchev–Trinajstić information content (AvgIpc) is 2.55. The highest BCUT2D eigenvalue weighted by Gasteiger charge is 2.18. The minimum atomic E-state index is -0.487. The van der Waals surface area contributed by atoms with Gasteiger partial charge in [-0.2, -0.15) is 0 Å². The van der Waals surface area contributed by atoms with E-state index >= 15 is 0 Å². The molecule has 0 atom stereocenters. The molecule has 2 aromatic rings. The van der Waals surface area contributed by atoms with Crippen LogP contribution in [0.2, 0.25) is 5.02 Å². The first-order chi connectivity index (χ1) is 11.8. The summed E-state index contributed by atoms with van der Waals surface area (Å²) < 4.78 is 18.6. The SMILES string of the molecule is COc1cc(Cl)c(C)cc1NC(=O)CN(C(C)=O)c1cccc(F)c1. The average molecular weight is 365 g/mol. The molecule has 0 unspecified atom stereocenters. The Kier molecular flexibility index (Phi) is 5.98. The summed E-state index contributed by atoms with van der Waals surface area (Å²) in [7, 11) is 1.46. The number of hydrogen-bond donors (Lipinski definition) is 1. The third-order valence-corrected chi connectivity index (χ3v) is 3.96. The number of benzene rings is 2. The number of hydrogen-bond acceptors (Lipinski definition) is 3. The highest BCUT2D eigenvalue weighted by Crippen LogP contribution is 2.31. The van der Waals surface area contributed by atoms with Crippen LogP contribution in [0.4, 0.5) is 15.8 Å². The fraction of sp³-hybridized carbons (Fsp3) is 0.222. The van der Waals surface area contributed by atoms with Crippen molar-refractivity contribution in [1.82, 2.24) is 0 Å². The summed E-state index contributed by atoms with van der Waals surface area (Å²) in [5.74, 6) is -0.900. The lowest BCUT2D eigenvalue weighted by molar-refractivity contribution is -0.120. The number of nitrogens with zero attached hydrogens (tertiary/aromatic N) is 1. The Morgan fingerprint density at radius 1 is 1.28 bits per heavy atom. The van der Waals surface area contributed by atoms with Crippen LogP contribution in [-0.4, -0.2) is 25.5 Å². The normalized spacial score (nSPS) is 10.3.